The van der Waals surface area contributed by atoms with Crippen molar-refractivity contribution in [2.75, 3.05) is 13.2 Å². The van der Waals surface area contributed by atoms with Crippen LogP contribution in [-0.2, 0) is 4.74 Å². The van der Waals surface area contributed by atoms with Crippen LogP contribution in [0, 0.1) is 11.7 Å². The number of nitrogens with two attached hydrogens (primary N) is 1. The Morgan fingerprint density at radius 2 is 2.06 bits per heavy atom. The van der Waals surface area contributed by atoms with Gasteiger partial charge in [-0.05, 0) is 37.0 Å². The fourth-order valence-corrected chi connectivity index (χ4v) is 2.12. The van der Waals surface area contributed by atoms with Crippen molar-refractivity contribution in [3.8, 4) is 5.75 Å². The topological polar surface area (TPSA) is 55.5 Å². The third-order valence-corrected chi connectivity index (χ3v) is 3.12. The quantitative estimate of drug-likeness (QED) is 0.809. The van der Waals surface area contributed by atoms with Gasteiger partial charge in [0.15, 0.2) is 0 Å². The van der Waals surface area contributed by atoms with Crippen molar-refractivity contribution in [1.29, 1.82) is 0 Å². The summed E-state index contributed by atoms with van der Waals surface area (Å²) < 4.78 is 18.3. The standard InChI is InChI=1S/C12H16FNO2/c13-9-1-2-11(15)10(7-9)12(14)8-3-5-16-6-4-8/h1-2,7-8,12,15H,3-6,14H2/t12-/m0/s1. The summed E-state index contributed by atoms with van der Waals surface area (Å²) in [6.45, 7) is 1.38. The maximum Gasteiger partial charge on any atom is 0.123 e. The van der Waals surface area contributed by atoms with E-state index in [1.807, 2.05) is 0 Å². The summed E-state index contributed by atoms with van der Waals surface area (Å²) in [4.78, 5) is 0. The summed E-state index contributed by atoms with van der Waals surface area (Å²) in [5.41, 5.74) is 6.55. The average Bonchev–Trinajstić information content (AvgIpc) is 2.32. The number of phenols is 1. The molecule has 0 unspecified atom stereocenters. The number of benzene rings is 1. The van der Waals surface area contributed by atoms with E-state index in [1.165, 1.54) is 18.2 Å². The zero-order valence-corrected chi connectivity index (χ0v) is 9.03. The highest BCUT2D eigenvalue weighted by atomic mass is 19.1. The SMILES string of the molecule is N[C@H](c1cc(F)ccc1O)C1CCOCC1. The minimum Gasteiger partial charge on any atom is -0.508 e. The van der Waals surface area contributed by atoms with Crippen molar-refractivity contribution >= 4 is 0 Å². The molecule has 1 aromatic carbocycles. The third-order valence-electron chi connectivity index (χ3n) is 3.12. The van der Waals surface area contributed by atoms with Crippen LogP contribution in [0.2, 0.25) is 0 Å². The van der Waals surface area contributed by atoms with E-state index in [1.54, 1.807) is 0 Å². The van der Waals surface area contributed by atoms with Crippen LogP contribution in [0.15, 0.2) is 18.2 Å². The van der Waals surface area contributed by atoms with Crippen LogP contribution in [0.4, 0.5) is 4.39 Å². The van der Waals surface area contributed by atoms with Gasteiger partial charge in [0, 0.05) is 24.8 Å². The van der Waals surface area contributed by atoms with E-state index >= 15 is 0 Å². The predicted octanol–water partition coefficient (Wildman–Crippen LogP) is 1.96. The van der Waals surface area contributed by atoms with Crippen LogP contribution in [0.25, 0.3) is 0 Å². The molecule has 2 rings (SSSR count). The highest BCUT2D eigenvalue weighted by Gasteiger charge is 2.24. The lowest BCUT2D eigenvalue weighted by atomic mass is 9.87. The Labute approximate surface area is 94.0 Å². The van der Waals surface area contributed by atoms with E-state index in [0.29, 0.717) is 18.8 Å². The Kier molecular flexibility index (Phi) is 3.41. The molecule has 0 saturated carbocycles. The molecule has 1 fully saturated rings. The van der Waals surface area contributed by atoms with Gasteiger partial charge < -0.3 is 15.6 Å². The lowest BCUT2D eigenvalue weighted by molar-refractivity contribution is 0.0581. The molecule has 0 bridgehead atoms. The summed E-state index contributed by atoms with van der Waals surface area (Å²) in [5, 5.41) is 9.66. The Balaban J connectivity index is 2.18. The van der Waals surface area contributed by atoms with E-state index in [2.05, 4.69) is 0 Å². The molecular formula is C12H16FNO2. The second kappa shape index (κ2) is 4.80. The van der Waals surface area contributed by atoms with E-state index < -0.39 is 0 Å². The Morgan fingerprint density at radius 3 is 2.75 bits per heavy atom. The van der Waals surface area contributed by atoms with Gasteiger partial charge in [0.2, 0.25) is 0 Å². The number of hydrogen-bond acceptors (Lipinski definition) is 3. The van der Waals surface area contributed by atoms with E-state index in [0.717, 1.165) is 12.8 Å². The molecule has 0 aromatic heterocycles. The van der Waals surface area contributed by atoms with Crippen LogP contribution >= 0.6 is 0 Å². The number of halogens is 1. The number of ether oxygens (including phenoxy) is 1. The van der Waals surface area contributed by atoms with Crippen molar-refractivity contribution in [2.45, 2.75) is 18.9 Å². The van der Waals surface area contributed by atoms with Crippen LogP contribution in [0.5, 0.6) is 5.75 Å². The molecule has 0 aliphatic carbocycles. The van der Waals surface area contributed by atoms with Gasteiger partial charge >= 0.3 is 0 Å². The number of phenolic OH excluding ortho intramolecular Hbond substituents is 1. The second-order valence-electron chi connectivity index (χ2n) is 4.18. The second-order valence-corrected chi connectivity index (χ2v) is 4.18. The predicted molar refractivity (Wildman–Crippen MR) is 58.5 cm³/mol. The van der Waals surface area contributed by atoms with Gasteiger partial charge in [-0.1, -0.05) is 0 Å². The highest BCUT2D eigenvalue weighted by molar-refractivity contribution is 5.35. The van der Waals surface area contributed by atoms with Gasteiger partial charge in [-0.25, -0.2) is 4.39 Å². The average molecular weight is 225 g/mol. The molecule has 1 heterocycles. The zero-order chi connectivity index (χ0) is 11.5. The first-order valence-corrected chi connectivity index (χ1v) is 5.50. The third kappa shape index (κ3) is 2.33. The Hall–Kier alpha value is -1.13. The monoisotopic (exact) mass is 225 g/mol. The number of rotatable bonds is 2. The molecule has 0 spiro atoms. The van der Waals surface area contributed by atoms with Gasteiger partial charge in [-0.3, -0.25) is 0 Å². The zero-order valence-electron chi connectivity index (χ0n) is 9.03. The summed E-state index contributed by atoms with van der Waals surface area (Å²) >= 11 is 0. The van der Waals surface area contributed by atoms with Crippen molar-refractivity contribution in [3.63, 3.8) is 0 Å². The largest absolute Gasteiger partial charge is 0.508 e. The maximum atomic E-state index is 13.1. The number of hydrogen-bond donors (Lipinski definition) is 2. The minimum absolute atomic E-state index is 0.0698. The maximum absolute atomic E-state index is 13.1. The van der Waals surface area contributed by atoms with Crippen LogP contribution < -0.4 is 5.73 Å². The molecule has 1 aliphatic heterocycles. The lowest BCUT2D eigenvalue weighted by Gasteiger charge is -2.28. The van der Waals surface area contributed by atoms with Crippen molar-refractivity contribution in [1.82, 2.24) is 0 Å². The molecule has 3 nitrogen and oxygen atoms in total. The first-order chi connectivity index (χ1) is 7.68. The highest BCUT2D eigenvalue weighted by Crippen LogP contribution is 2.32. The molecular weight excluding hydrogens is 209 g/mol. The molecule has 16 heavy (non-hydrogen) atoms. The minimum atomic E-state index is -0.365. The lowest BCUT2D eigenvalue weighted by Crippen LogP contribution is -2.27. The fourth-order valence-electron chi connectivity index (χ4n) is 2.12. The van der Waals surface area contributed by atoms with Gasteiger partial charge in [-0.15, -0.1) is 0 Å². The van der Waals surface area contributed by atoms with Gasteiger partial charge in [-0.2, -0.15) is 0 Å². The van der Waals surface area contributed by atoms with Crippen molar-refractivity contribution in [3.05, 3.63) is 29.6 Å². The van der Waals surface area contributed by atoms with E-state index in [9.17, 15) is 9.50 Å². The Bertz CT molecular complexity index is 364. The molecule has 1 saturated heterocycles. The molecule has 1 aliphatic rings. The van der Waals surface area contributed by atoms with Crippen molar-refractivity contribution in [2.24, 2.45) is 11.7 Å². The molecule has 88 valence electrons. The van der Waals surface area contributed by atoms with Gasteiger partial charge in [0.05, 0.1) is 0 Å². The van der Waals surface area contributed by atoms with Crippen LogP contribution in [-0.4, -0.2) is 18.3 Å². The van der Waals surface area contributed by atoms with Gasteiger partial charge in [0.25, 0.3) is 0 Å². The summed E-state index contributed by atoms with van der Waals surface area (Å²) in [5.74, 6) is -0.0443. The summed E-state index contributed by atoms with van der Waals surface area (Å²) in [6, 6.07) is 3.58. The van der Waals surface area contributed by atoms with Crippen molar-refractivity contribution < 1.29 is 14.2 Å². The molecule has 0 radical (unpaired) electrons. The summed E-state index contributed by atoms with van der Waals surface area (Å²) in [6.07, 6.45) is 1.72. The van der Waals surface area contributed by atoms with Gasteiger partial charge in [0.1, 0.15) is 11.6 Å². The summed E-state index contributed by atoms with van der Waals surface area (Å²) in [7, 11) is 0. The smallest absolute Gasteiger partial charge is 0.123 e. The molecule has 3 N–H and O–H groups in total. The number of aromatic hydroxyl groups is 1. The van der Waals surface area contributed by atoms with Crippen LogP contribution in [0.3, 0.4) is 0 Å². The Morgan fingerprint density at radius 1 is 1.38 bits per heavy atom. The first kappa shape index (κ1) is 11.4. The van der Waals surface area contributed by atoms with Crippen LogP contribution in [0.1, 0.15) is 24.4 Å². The first-order valence-electron chi connectivity index (χ1n) is 5.50. The fraction of sp³-hybridized carbons (Fsp3) is 0.500. The normalized spacial score (nSPS) is 19.6. The molecule has 0 amide bonds. The molecule has 1 aromatic rings. The van der Waals surface area contributed by atoms with E-state index in [4.69, 9.17) is 10.5 Å². The molecule has 4 heteroatoms. The van der Waals surface area contributed by atoms with E-state index in [-0.39, 0.29) is 23.5 Å². The molecule has 1 atom stereocenters.